The van der Waals surface area contributed by atoms with Crippen molar-refractivity contribution in [2.24, 2.45) is 5.92 Å². The highest BCUT2D eigenvalue weighted by atomic mass is 16.3. The molecule has 3 nitrogen and oxygen atoms in total. The molecule has 18 heavy (non-hydrogen) atoms. The Hall–Kier alpha value is -1.09. The van der Waals surface area contributed by atoms with Crippen LogP contribution >= 0.6 is 0 Å². The van der Waals surface area contributed by atoms with Crippen LogP contribution in [0.4, 0.5) is 5.82 Å². The minimum absolute atomic E-state index is 0.0142. The van der Waals surface area contributed by atoms with E-state index in [1.807, 2.05) is 12.1 Å². The molecule has 1 saturated carbocycles. The molecule has 1 N–H and O–H groups in total. The molecule has 0 bridgehead atoms. The van der Waals surface area contributed by atoms with Crippen LogP contribution in [0.3, 0.4) is 0 Å². The maximum atomic E-state index is 9.38. The fraction of sp³-hybridized carbons (Fsp3) is 0.667. The quantitative estimate of drug-likeness (QED) is 0.890. The molecule has 3 heteroatoms. The molecule has 0 saturated heterocycles. The summed E-state index contributed by atoms with van der Waals surface area (Å²) in [4.78, 5) is 6.96. The van der Waals surface area contributed by atoms with Crippen LogP contribution in [0.25, 0.3) is 0 Å². The van der Waals surface area contributed by atoms with E-state index in [1.165, 1.54) is 12.8 Å². The first-order chi connectivity index (χ1) is 8.40. The lowest BCUT2D eigenvalue weighted by Crippen LogP contribution is -2.23. The zero-order valence-electron chi connectivity index (χ0n) is 11.9. The average molecular weight is 248 g/mol. The highest BCUT2D eigenvalue weighted by molar-refractivity contribution is 5.43. The predicted octanol–water partition coefficient (Wildman–Crippen LogP) is 2.72. The van der Waals surface area contributed by atoms with Crippen LogP contribution in [0.5, 0.6) is 0 Å². The Kier molecular flexibility index (Phi) is 3.62. The molecule has 0 aliphatic heterocycles. The Bertz CT molecular complexity index is 419. The molecule has 0 atom stereocenters. The first kappa shape index (κ1) is 13.3. The highest BCUT2D eigenvalue weighted by Crippen LogP contribution is 2.31. The van der Waals surface area contributed by atoms with Gasteiger partial charge in [0.2, 0.25) is 0 Å². The van der Waals surface area contributed by atoms with Crippen molar-refractivity contribution in [3.8, 4) is 0 Å². The Morgan fingerprint density at radius 3 is 2.50 bits per heavy atom. The molecular formula is C15H24N2O. The van der Waals surface area contributed by atoms with Gasteiger partial charge in [-0.05, 0) is 36.5 Å². The molecule has 1 aromatic heterocycles. The lowest BCUT2D eigenvalue weighted by Gasteiger charge is -2.24. The van der Waals surface area contributed by atoms with Crippen molar-refractivity contribution >= 4 is 5.82 Å². The van der Waals surface area contributed by atoms with Crippen LogP contribution in [0, 0.1) is 5.92 Å². The van der Waals surface area contributed by atoms with Gasteiger partial charge in [0.05, 0.1) is 6.61 Å². The van der Waals surface area contributed by atoms with Gasteiger partial charge in [-0.1, -0.05) is 20.8 Å². The fourth-order valence-electron chi connectivity index (χ4n) is 2.02. The van der Waals surface area contributed by atoms with Crippen LogP contribution in [0.2, 0.25) is 0 Å². The van der Waals surface area contributed by atoms with Crippen molar-refractivity contribution < 1.29 is 5.11 Å². The Morgan fingerprint density at radius 2 is 2.00 bits per heavy atom. The summed E-state index contributed by atoms with van der Waals surface area (Å²) in [6.45, 7) is 7.62. The largest absolute Gasteiger partial charge is 0.392 e. The van der Waals surface area contributed by atoms with Gasteiger partial charge in [0.25, 0.3) is 0 Å². The number of hydrogen-bond donors (Lipinski definition) is 1. The van der Waals surface area contributed by atoms with Crippen LogP contribution in [0.1, 0.15) is 44.9 Å². The van der Waals surface area contributed by atoms with Crippen molar-refractivity contribution in [2.45, 2.75) is 45.6 Å². The van der Waals surface area contributed by atoms with Crippen molar-refractivity contribution in [1.29, 1.82) is 0 Å². The van der Waals surface area contributed by atoms with E-state index < -0.39 is 0 Å². The van der Waals surface area contributed by atoms with Gasteiger partial charge < -0.3 is 10.0 Å². The summed E-state index contributed by atoms with van der Waals surface area (Å²) in [6.07, 6.45) is 2.69. The smallest absolute Gasteiger partial charge is 0.128 e. The van der Waals surface area contributed by atoms with E-state index in [4.69, 9.17) is 4.98 Å². The van der Waals surface area contributed by atoms with Crippen LogP contribution in [-0.4, -0.2) is 23.7 Å². The van der Waals surface area contributed by atoms with E-state index >= 15 is 0 Å². The zero-order valence-corrected chi connectivity index (χ0v) is 11.9. The molecule has 100 valence electrons. The van der Waals surface area contributed by atoms with Gasteiger partial charge in [-0.3, -0.25) is 0 Å². The summed E-state index contributed by atoms with van der Waals surface area (Å²) in [6, 6.07) is 4.01. The van der Waals surface area contributed by atoms with Gasteiger partial charge in [-0.2, -0.15) is 0 Å². The van der Waals surface area contributed by atoms with Crippen LogP contribution < -0.4 is 4.90 Å². The van der Waals surface area contributed by atoms with E-state index in [9.17, 15) is 5.11 Å². The second-order valence-corrected chi connectivity index (χ2v) is 6.45. The number of aliphatic hydroxyl groups excluding tert-OH is 1. The Balaban J connectivity index is 2.27. The topological polar surface area (TPSA) is 36.4 Å². The standard InChI is InChI=1S/C15H24N2O/c1-15(2,3)13-7-12(10-18)8-14(16-13)17(4)9-11-5-6-11/h7-8,11,18H,5-6,9-10H2,1-4H3. The number of rotatable bonds is 4. The summed E-state index contributed by atoms with van der Waals surface area (Å²) >= 11 is 0. The zero-order chi connectivity index (χ0) is 13.3. The Labute approximate surface area is 110 Å². The lowest BCUT2D eigenvalue weighted by molar-refractivity contribution is 0.281. The van der Waals surface area contributed by atoms with E-state index in [1.54, 1.807) is 0 Å². The van der Waals surface area contributed by atoms with Gasteiger partial charge in [-0.25, -0.2) is 4.98 Å². The van der Waals surface area contributed by atoms with Crippen LogP contribution in [0.15, 0.2) is 12.1 Å². The van der Waals surface area contributed by atoms with Gasteiger partial charge >= 0.3 is 0 Å². The molecule has 0 radical (unpaired) electrons. The lowest BCUT2D eigenvalue weighted by atomic mass is 9.91. The van der Waals surface area contributed by atoms with Crippen molar-refractivity contribution in [1.82, 2.24) is 4.98 Å². The van der Waals surface area contributed by atoms with Gasteiger partial charge in [-0.15, -0.1) is 0 Å². The molecule has 1 aliphatic carbocycles. The molecule has 1 fully saturated rings. The summed E-state index contributed by atoms with van der Waals surface area (Å²) in [5.41, 5.74) is 2.01. The molecule has 1 aliphatic rings. The van der Waals surface area contributed by atoms with E-state index in [2.05, 4.69) is 32.7 Å². The molecule has 0 aromatic carbocycles. The third-order valence-electron chi connectivity index (χ3n) is 3.44. The summed E-state index contributed by atoms with van der Waals surface area (Å²) in [5, 5.41) is 9.38. The minimum atomic E-state index is 0.0142. The van der Waals surface area contributed by atoms with Crippen molar-refractivity contribution in [3.63, 3.8) is 0 Å². The molecule has 0 spiro atoms. The number of aromatic nitrogens is 1. The molecule has 2 rings (SSSR count). The van der Waals surface area contributed by atoms with E-state index in [0.29, 0.717) is 0 Å². The number of nitrogens with zero attached hydrogens (tertiary/aromatic N) is 2. The third kappa shape index (κ3) is 3.22. The second-order valence-electron chi connectivity index (χ2n) is 6.45. The number of aliphatic hydroxyl groups is 1. The normalized spacial score (nSPS) is 15.8. The second kappa shape index (κ2) is 4.88. The van der Waals surface area contributed by atoms with Gasteiger partial charge in [0.1, 0.15) is 5.82 Å². The first-order valence-corrected chi connectivity index (χ1v) is 6.73. The summed E-state index contributed by atoms with van der Waals surface area (Å²) in [7, 11) is 2.09. The molecule has 1 heterocycles. The van der Waals surface area contributed by atoms with E-state index in [0.717, 1.165) is 29.5 Å². The van der Waals surface area contributed by atoms with Gasteiger partial charge in [0.15, 0.2) is 0 Å². The Morgan fingerprint density at radius 1 is 1.33 bits per heavy atom. The van der Waals surface area contributed by atoms with Crippen molar-refractivity contribution in [3.05, 3.63) is 23.4 Å². The monoisotopic (exact) mass is 248 g/mol. The average Bonchev–Trinajstić information content (AvgIpc) is 3.11. The number of hydrogen-bond acceptors (Lipinski definition) is 3. The highest BCUT2D eigenvalue weighted by Gasteiger charge is 2.24. The molecule has 0 unspecified atom stereocenters. The minimum Gasteiger partial charge on any atom is -0.392 e. The first-order valence-electron chi connectivity index (χ1n) is 6.73. The predicted molar refractivity (Wildman–Crippen MR) is 74.9 cm³/mol. The summed E-state index contributed by atoms with van der Waals surface area (Å²) in [5.74, 6) is 1.83. The maximum Gasteiger partial charge on any atom is 0.128 e. The van der Waals surface area contributed by atoms with E-state index in [-0.39, 0.29) is 12.0 Å². The van der Waals surface area contributed by atoms with Crippen LogP contribution in [-0.2, 0) is 12.0 Å². The third-order valence-corrected chi connectivity index (χ3v) is 3.44. The fourth-order valence-corrected chi connectivity index (χ4v) is 2.02. The van der Waals surface area contributed by atoms with Crippen molar-refractivity contribution in [2.75, 3.05) is 18.5 Å². The SMILES string of the molecule is CN(CC1CC1)c1cc(CO)cc(C(C)(C)C)n1. The number of anilines is 1. The number of pyridine rings is 1. The molecule has 0 amide bonds. The maximum absolute atomic E-state index is 9.38. The molecular weight excluding hydrogens is 224 g/mol. The van der Waals surface area contributed by atoms with Gasteiger partial charge in [0, 0.05) is 24.7 Å². The molecule has 1 aromatic rings. The summed E-state index contributed by atoms with van der Waals surface area (Å²) < 4.78 is 0.